The van der Waals surface area contributed by atoms with Crippen molar-refractivity contribution in [3.63, 3.8) is 0 Å². The normalized spacial score (nSPS) is 11.7. The Kier molecular flexibility index (Phi) is 5.19. The number of nitrogens with zero attached hydrogens (tertiary/aromatic N) is 4. The van der Waals surface area contributed by atoms with Crippen LogP contribution in [-0.4, -0.2) is 20.3 Å². The molecular formula is C26H24FN5. The minimum atomic E-state index is -0.222. The number of imidazole rings is 1. The summed E-state index contributed by atoms with van der Waals surface area (Å²) in [6.45, 7) is 5.65. The Balaban J connectivity index is 1.49. The summed E-state index contributed by atoms with van der Waals surface area (Å²) < 4.78 is 17.7. The average molecular weight is 426 g/mol. The molecule has 160 valence electrons. The van der Waals surface area contributed by atoms with Crippen LogP contribution in [0, 0.1) is 12.7 Å². The van der Waals surface area contributed by atoms with Crippen LogP contribution < -0.4 is 5.43 Å². The number of fused-ring (bicyclic) bond motifs is 2. The molecule has 0 aliphatic rings. The van der Waals surface area contributed by atoms with Gasteiger partial charge >= 0.3 is 0 Å². The molecular weight excluding hydrogens is 401 g/mol. The first-order valence-electron chi connectivity index (χ1n) is 10.7. The topological polar surface area (TPSA) is 47.1 Å². The Morgan fingerprint density at radius 3 is 2.44 bits per heavy atom. The lowest BCUT2D eigenvalue weighted by Crippen LogP contribution is -2.03. The largest absolute Gasteiger partial charge is 0.340 e. The maximum absolute atomic E-state index is 13.3. The van der Waals surface area contributed by atoms with Gasteiger partial charge in [0, 0.05) is 35.2 Å². The molecule has 0 saturated carbocycles. The van der Waals surface area contributed by atoms with Gasteiger partial charge in [0.05, 0.1) is 17.2 Å². The lowest BCUT2D eigenvalue weighted by Gasteiger charge is -2.09. The van der Waals surface area contributed by atoms with Crippen LogP contribution in [0.1, 0.15) is 23.7 Å². The molecule has 6 heteroatoms. The van der Waals surface area contributed by atoms with Crippen molar-refractivity contribution < 1.29 is 4.39 Å². The third-order valence-electron chi connectivity index (χ3n) is 5.86. The molecule has 0 aliphatic carbocycles. The lowest BCUT2D eigenvalue weighted by atomic mass is 10.1. The standard InChI is InChI=1S/C26H24FN5/c1-3-31-25-11-7-5-9-23(25)29-26(31)30-28-16-22-18(2)32(24-10-6-4-8-21(22)24)17-19-12-14-20(27)15-13-19/h4-16H,3,17H2,1-2H3,(H,29,30)/b28-16-. The molecule has 0 atom stereocenters. The van der Waals surface area contributed by atoms with Crippen LogP contribution in [-0.2, 0) is 13.1 Å². The second-order valence-corrected chi connectivity index (χ2v) is 7.77. The molecule has 2 aromatic heterocycles. The summed E-state index contributed by atoms with van der Waals surface area (Å²) in [4.78, 5) is 4.67. The second kappa shape index (κ2) is 8.30. The fourth-order valence-electron chi connectivity index (χ4n) is 4.23. The molecule has 0 amide bonds. The first kappa shape index (κ1) is 20.0. The van der Waals surface area contributed by atoms with Gasteiger partial charge in [-0.3, -0.25) is 0 Å². The van der Waals surface area contributed by atoms with Crippen LogP contribution in [0.4, 0.5) is 10.3 Å². The third kappa shape index (κ3) is 3.54. The number of rotatable bonds is 6. The van der Waals surface area contributed by atoms with Crippen molar-refractivity contribution in [3.8, 4) is 0 Å². The van der Waals surface area contributed by atoms with Crippen molar-refractivity contribution >= 4 is 34.1 Å². The van der Waals surface area contributed by atoms with Gasteiger partial charge in [0.2, 0.25) is 5.95 Å². The summed E-state index contributed by atoms with van der Waals surface area (Å²) in [5, 5.41) is 5.66. The number of hydrazone groups is 1. The highest BCUT2D eigenvalue weighted by atomic mass is 19.1. The van der Waals surface area contributed by atoms with Crippen LogP contribution >= 0.6 is 0 Å². The van der Waals surface area contributed by atoms with Gasteiger partial charge in [-0.25, -0.2) is 14.8 Å². The Morgan fingerprint density at radius 2 is 1.66 bits per heavy atom. The average Bonchev–Trinajstić information content (AvgIpc) is 3.30. The van der Waals surface area contributed by atoms with Crippen molar-refractivity contribution in [2.45, 2.75) is 26.9 Å². The number of benzene rings is 3. The highest BCUT2D eigenvalue weighted by molar-refractivity contribution is 6.01. The zero-order valence-corrected chi connectivity index (χ0v) is 18.1. The molecule has 5 nitrogen and oxygen atoms in total. The van der Waals surface area contributed by atoms with E-state index in [0.717, 1.165) is 51.3 Å². The van der Waals surface area contributed by atoms with Gasteiger partial charge in [-0.15, -0.1) is 0 Å². The maximum Gasteiger partial charge on any atom is 0.224 e. The van der Waals surface area contributed by atoms with E-state index >= 15 is 0 Å². The molecule has 5 rings (SSSR count). The molecule has 0 bridgehead atoms. The number of halogens is 1. The number of para-hydroxylation sites is 3. The summed E-state index contributed by atoms with van der Waals surface area (Å²) in [7, 11) is 0. The zero-order chi connectivity index (χ0) is 22.1. The number of aryl methyl sites for hydroxylation is 1. The molecule has 0 aliphatic heterocycles. The summed E-state index contributed by atoms with van der Waals surface area (Å²) >= 11 is 0. The van der Waals surface area contributed by atoms with E-state index in [0.29, 0.717) is 6.54 Å². The Labute approximate surface area is 185 Å². The van der Waals surface area contributed by atoms with Crippen LogP contribution in [0.25, 0.3) is 21.9 Å². The first-order chi connectivity index (χ1) is 15.7. The van der Waals surface area contributed by atoms with Crippen LogP contribution in [0.5, 0.6) is 0 Å². The Bertz CT molecular complexity index is 1430. The second-order valence-electron chi connectivity index (χ2n) is 7.77. The van der Waals surface area contributed by atoms with E-state index in [1.165, 1.54) is 12.1 Å². The zero-order valence-electron chi connectivity index (χ0n) is 18.1. The summed E-state index contributed by atoms with van der Waals surface area (Å²) in [6, 6.07) is 23.0. The molecule has 0 saturated heterocycles. The lowest BCUT2D eigenvalue weighted by molar-refractivity contribution is 0.626. The van der Waals surface area contributed by atoms with Gasteiger partial charge in [0.1, 0.15) is 5.82 Å². The molecule has 2 heterocycles. The maximum atomic E-state index is 13.3. The molecule has 5 aromatic rings. The van der Waals surface area contributed by atoms with Crippen LogP contribution in [0.15, 0.2) is 77.9 Å². The van der Waals surface area contributed by atoms with Gasteiger partial charge in [0.15, 0.2) is 0 Å². The predicted octanol–water partition coefficient (Wildman–Crippen LogP) is 5.95. The molecule has 0 radical (unpaired) electrons. The molecule has 32 heavy (non-hydrogen) atoms. The number of anilines is 1. The van der Waals surface area contributed by atoms with Crippen LogP contribution in [0.2, 0.25) is 0 Å². The van der Waals surface area contributed by atoms with Crippen LogP contribution in [0.3, 0.4) is 0 Å². The van der Waals surface area contributed by atoms with Gasteiger partial charge < -0.3 is 9.13 Å². The molecule has 0 spiro atoms. The van der Waals surface area contributed by atoms with E-state index < -0.39 is 0 Å². The predicted molar refractivity (Wildman–Crippen MR) is 129 cm³/mol. The van der Waals surface area contributed by atoms with E-state index in [9.17, 15) is 4.39 Å². The minimum absolute atomic E-state index is 0.222. The summed E-state index contributed by atoms with van der Waals surface area (Å²) in [5.41, 5.74) is 9.48. The van der Waals surface area contributed by atoms with E-state index in [1.807, 2.05) is 48.7 Å². The quantitative estimate of drug-likeness (QED) is 0.270. The SMILES string of the molecule is CCn1c(N/N=C\c2c(C)n(Cc3ccc(F)cc3)c3ccccc23)nc2ccccc21. The van der Waals surface area contributed by atoms with Crippen molar-refractivity contribution in [1.82, 2.24) is 14.1 Å². The smallest absolute Gasteiger partial charge is 0.224 e. The fraction of sp³-hybridized carbons (Fsp3) is 0.154. The number of nitrogens with one attached hydrogen (secondary N) is 1. The van der Waals surface area contributed by atoms with E-state index in [2.05, 4.69) is 56.7 Å². The number of hydrogen-bond acceptors (Lipinski definition) is 3. The highest BCUT2D eigenvalue weighted by Gasteiger charge is 2.13. The van der Waals surface area contributed by atoms with Crippen molar-refractivity contribution in [1.29, 1.82) is 0 Å². The molecule has 0 unspecified atom stereocenters. The highest BCUT2D eigenvalue weighted by Crippen LogP contribution is 2.26. The monoisotopic (exact) mass is 425 g/mol. The fourth-order valence-corrected chi connectivity index (χ4v) is 4.23. The third-order valence-corrected chi connectivity index (χ3v) is 5.86. The van der Waals surface area contributed by atoms with Crippen molar-refractivity contribution in [3.05, 3.63) is 95.4 Å². The molecule has 1 N–H and O–H groups in total. The Hall–Kier alpha value is -3.93. The molecule has 3 aromatic carbocycles. The first-order valence-corrected chi connectivity index (χ1v) is 10.7. The minimum Gasteiger partial charge on any atom is -0.340 e. The van der Waals surface area contributed by atoms with Crippen molar-refractivity contribution in [2.24, 2.45) is 5.10 Å². The van der Waals surface area contributed by atoms with Gasteiger partial charge in [-0.05, 0) is 49.7 Å². The summed E-state index contributed by atoms with van der Waals surface area (Å²) in [5.74, 6) is 0.498. The van der Waals surface area contributed by atoms with E-state index in [1.54, 1.807) is 0 Å². The van der Waals surface area contributed by atoms with Gasteiger partial charge in [-0.1, -0.05) is 42.5 Å². The van der Waals surface area contributed by atoms with E-state index in [4.69, 9.17) is 0 Å². The van der Waals surface area contributed by atoms with Gasteiger partial charge in [0.25, 0.3) is 0 Å². The van der Waals surface area contributed by atoms with Crippen molar-refractivity contribution in [2.75, 3.05) is 5.43 Å². The molecule has 0 fully saturated rings. The van der Waals surface area contributed by atoms with E-state index in [-0.39, 0.29) is 5.82 Å². The van der Waals surface area contributed by atoms with Gasteiger partial charge in [-0.2, -0.15) is 5.10 Å². The number of hydrogen-bond donors (Lipinski definition) is 1. The Morgan fingerprint density at radius 1 is 0.938 bits per heavy atom. The number of aromatic nitrogens is 3. The summed E-state index contributed by atoms with van der Waals surface area (Å²) in [6.07, 6.45) is 1.86.